The molecule has 10 nitrogen and oxygen atoms in total. The zero-order valence-electron chi connectivity index (χ0n) is 12.2. The third-order valence-electron chi connectivity index (χ3n) is 3.54. The summed E-state index contributed by atoms with van der Waals surface area (Å²) in [7, 11) is 0. The van der Waals surface area contributed by atoms with Crippen molar-refractivity contribution < 1.29 is 19.7 Å². The zero-order valence-corrected chi connectivity index (χ0v) is 12.2. The number of nitrogens with two attached hydrogens (primary N) is 1. The fourth-order valence-electron chi connectivity index (χ4n) is 2.51. The number of rotatable bonds is 5. The highest BCUT2D eigenvalue weighted by Gasteiger charge is 2.37. The Kier molecular flexibility index (Phi) is 4.03. The van der Waals surface area contributed by atoms with Gasteiger partial charge in [0.1, 0.15) is 18.9 Å². The number of aliphatic hydroxyl groups is 2. The minimum Gasteiger partial charge on any atom is -0.460 e. The van der Waals surface area contributed by atoms with Crippen molar-refractivity contribution in [1.29, 1.82) is 0 Å². The smallest absolute Gasteiger partial charge is 0.301 e. The summed E-state index contributed by atoms with van der Waals surface area (Å²) in [5, 5.41) is 19.1. The summed E-state index contributed by atoms with van der Waals surface area (Å²) in [5.41, 5.74) is 5.31. The topological polar surface area (TPSA) is 149 Å². The van der Waals surface area contributed by atoms with Crippen LogP contribution in [0.4, 0.5) is 5.95 Å². The van der Waals surface area contributed by atoms with Crippen LogP contribution in [0.3, 0.4) is 0 Å². The predicted molar refractivity (Wildman–Crippen MR) is 79.9 cm³/mol. The monoisotopic (exact) mass is 323 g/mol. The molecule has 0 aromatic carbocycles. The Bertz CT molecular complexity index is 785. The number of anilines is 1. The van der Waals surface area contributed by atoms with Crippen molar-refractivity contribution >= 4 is 17.1 Å². The standard InChI is InChI=1S/C13H17N5O5/c1-2-3-22-13-15-9-10(16-12(14)17-11(9)21)18(13)8-4-6(20)7(5-19)23-8/h2,6-8,19-20H,1,3-5H2,(H3,14,16,17,21). The van der Waals surface area contributed by atoms with Gasteiger partial charge < -0.3 is 25.4 Å². The summed E-state index contributed by atoms with van der Waals surface area (Å²) in [4.78, 5) is 22.5. The number of ether oxygens (including phenoxy) is 2. The first-order valence-corrected chi connectivity index (χ1v) is 7.01. The molecule has 0 bridgehead atoms. The number of fused-ring (bicyclic) bond motifs is 1. The molecule has 3 unspecified atom stereocenters. The van der Waals surface area contributed by atoms with E-state index in [2.05, 4.69) is 21.5 Å². The van der Waals surface area contributed by atoms with E-state index in [1.807, 2.05) is 0 Å². The number of H-pyrrole nitrogens is 1. The number of hydrogen-bond donors (Lipinski definition) is 4. The molecule has 23 heavy (non-hydrogen) atoms. The maximum absolute atomic E-state index is 12.0. The molecule has 3 rings (SSSR count). The summed E-state index contributed by atoms with van der Waals surface area (Å²) in [6.45, 7) is 3.39. The van der Waals surface area contributed by atoms with Gasteiger partial charge in [-0.25, -0.2) is 0 Å². The summed E-state index contributed by atoms with van der Waals surface area (Å²) >= 11 is 0. The number of imidazole rings is 1. The van der Waals surface area contributed by atoms with Gasteiger partial charge in [0.15, 0.2) is 11.2 Å². The van der Waals surface area contributed by atoms with Gasteiger partial charge in [-0.2, -0.15) is 9.97 Å². The minimum atomic E-state index is -0.853. The number of aliphatic hydroxyl groups excluding tert-OH is 2. The molecule has 0 aliphatic carbocycles. The number of nitrogen functional groups attached to an aromatic ring is 1. The maximum atomic E-state index is 12.0. The van der Waals surface area contributed by atoms with E-state index in [9.17, 15) is 15.0 Å². The van der Waals surface area contributed by atoms with Gasteiger partial charge in [0.25, 0.3) is 5.56 Å². The Morgan fingerprint density at radius 1 is 1.57 bits per heavy atom. The van der Waals surface area contributed by atoms with Gasteiger partial charge in [0, 0.05) is 6.42 Å². The van der Waals surface area contributed by atoms with Crippen molar-refractivity contribution in [3.05, 3.63) is 23.0 Å². The van der Waals surface area contributed by atoms with Crippen molar-refractivity contribution in [2.75, 3.05) is 18.9 Å². The fraction of sp³-hybridized carbons (Fsp3) is 0.462. The van der Waals surface area contributed by atoms with Gasteiger partial charge in [0.2, 0.25) is 5.95 Å². The normalized spacial score (nSPS) is 24.2. The lowest BCUT2D eigenvalue weighted by Crippen LogP contribution is -2.24. The van der Waals surface area contributed by atoms with Crippen LogP contribution in [0, 0.1) is 0 Å². The van der Waals surface area contributed by atoms with Crippen LogP contribution < -0.4 is 16.0 Å². The number of aromatic amines is 1. The second kappa shape index (κ2) is 5.99. The molecule has 124 valence electrons. The molecule has 2 aromatic rings. The third kappa shape index (κ3) is 2.67. The molecule has 0 radical (unpaired) electrons. The van der Waals surface area contributed by atoms with Gasteiger partial charge >= 0.3 is 6.01 Å². The number of hydrogen-bond acceptors (Lipinski definition) is 8. The Labute approximate surface area is 130 Å². The summed E-state index contributed by atoms with van der Waals surface area (Å²) in [5.74, 6) is -0.0730. The summed E-state index contributed by atoms with van der Waals surface area (Å²) < 4.78 is 12.5. The molecule has 3 heterocycles. The summed E-state index contributed by atoms with van der Waals surface area (Å²) in [6, 6.07) is 0.0966. The molecule has 5 N–H and O–H groups in total. The molecule has 3 atom stereocenters. The third-order valence-corrected chi connectivity index (χ3v) is 3.54. The maximum Gasteiger partial charge on any atom is 0.301 e. The molecule has 1 saturated heterocycles. The molecule has 2 aromatic heterocycles. The van der Waals surface area contributed by atoms with Crippen molar-refractivity contribution in [3.8, 4) is 6.01 Å². The first kappa shape index (κ1) is 15.5. The summed E-state index contributed by atoms with van der Waals surface area (Å²) in [6.07, 6.45) is -0.565. The molecule has 0 saturated carbocycles. The number of nitrogens with one attached hydrogen (secondary N) is 1. The Balaban J connectivity index is 2.12. The quantitative estimate of drug-likeness (QED) is 0.507. The first-order valence-electron chi connectivity index (χ1n) is 7.01. The molecule has 1 aliphatic rings. The SMILES string of the molecule is C=CCOc1nc2c(=O)[nH]c(N)nc2n1C1CC(O)C(CO)O1. The Morgan fingerprint density at radius 3 is 3.00 bits per heavy atom. The average molecular weight is 323 g/mol. The van der Waals surface area contributed by atoms with Crippen LogP contribution in [0.25, 0.3) is 11.2 Å². The van der Waals surface area contributed by atoms with Crippen LogP contribution in [0.15, 0.2) is 17.4 Å². The average Bonchev–Trinajstić information content (AvgIpc) is 3.05. The van der Waals surface area contributed by atoms with E-state index >= 15 is 0 Å². The van der Waals surface area contributed by atoms with E-state index in [0.717, 1.165) is 0 Å². The van der Waals surface area contributed by atoms with E-state index in [4.69, 9.17) is 15.2 Å². The number of nitrogens with zero attached hydrogens (tertiary/aromatic N) is 3. The molecule has 1 fully saturated rings. The van der Waals surface area contributed by atoms with E-state index in [1.54, 1.807) is 0 Å². The molecular weight excluding hydrogens is 306 g/mol. The van der Waals surface area contributed by atoms with Gasteiger partial charge in [0.05, 0.1) is 12.7 Å². The van der Waals surface area contributed by atoms with Crippen molar-refractivity contribution in [1.82, 2.24) is 19.5 Å². The van der Waals surface area contributed by atoms with Crippen molar-refractivity contribution in [3.63, 3.8) is 0 Å². The van der Waals surface area contributed by atoms with Crippen LogP contribution in [0.5, 0.6) is 6.01 Å². The van der Waals surface area contributed by atoms with Crippen molar-refractivity contribution in [2.24, 2.45) is 0 Å². The van der Waals surface area contributed by atoms with E-state index < -0.39 is 24.0 Å². The Hall–Kier alpha value is -2.43. The lowest BCUT2D eigenvalue weighted by molar-refractivity contribution is -0.0453. The van der Waals surface area contributed by atoms with Crippen LogP contribution in [-0.4, -0.2) is 55.2 Å². The zero-order chi connectivity index (χ0) is 16.6. The predicted octanol–water partition coefficient (Wildman–Crippen LogP) is -1.09. The lowest BCUT2D eigenvalue weighted by atomic mass is 10.2. The Morgan fingerprint density at radius 2 is 2.35 bits per heavy atom. The van der Waals surface area contributed by atoms with Crippen LogP contribution in [0.1, 0.15) is 12.6 Å². The van der Waals surface area contributed by atoms with Crippen LogP contribution in [0.2, 0.25) is 0 Å². The van der Waals surface area contributed by atoms with Crippen LogP contribution >= 0.6 is 0 Å². The second-order valence-electron chi connectivity index (χ2n) is 5.10. The highest BCUT2D eigenvalue weighted by atomic mass is 16.6. The second-order valence-corrected chi connectivity index (χ2v) is 5.10. The lowest BCUT2D eigenvalue weighted by Gasteiger charge is -2.16. The first-order chi connectivity index (χ1) is 11.0. The highest BCUT2D eigenvalue weighted by molar-refractivity contribution is 5.72. The van der Waals surface area contributed by atoms with E-state index in [-0.39, 0.29) is 42.8 Å². The van der Waals surface area contributed by atoms with Gasteiger partial charge in [-0.3, -0.25) is 14.3 Å². The molecule has 0 amide bonds. The minimum absolute atomic E-state index is 0.0452. The van der Waals surface area contributed by atoms with Gasteiger partial charge in [-0.05, 0) is 0 Å². The van der Waals surface area contributed by atoms with Gasteiger partial charge in [-0.15, -0.1) is 0 Å². The van der Waals surface area contributed by atoms with Gasteiger partial charge in [-0.1, -0.05) is 12.7 Å². The molecular formula is C13H17N5O5. The molecule has 1 aliphatic heterocycles. The van der Waals surface area contributed by atoms with E-state index in [1.165, 1.54) is 10.6 Å². The number of aromatic nitrogens is 4. The van der Waals surface area contributed by atoms with Crippen molar-refractivity contribution in [2.45, 2.75) is 24.9 Å². The molecule has 0 spiro atoms. The van der Waals surface area contributed by atoms with E-state index in [0.29, 0.717) is 0 Å². The van der Waals surface area contributed by atoms with Crippen LogP contribution in [-0.2, 0) is 4.74 Å². The highest BCUT2D eigenvalue weighted by Crippen LogP contribution is 2.34. The largest absolute Gasteiger partial charge is 0.460 e. The molecule has 10 heteroatoms. The fourth-order valence-corrected chi connectivity index (χ4v) is 2.51.